The fourth-order valence-electron chi connectivity index (χ4n) is 2.59. The first kappa shape index (κ1) is 22.3. The summed E-state index contributed by atoms with van der Waals surface area (Å²) in [4.78, 5) is 12.8. The molecule has 0 saturated heterocycles. The number of nitrogens with one attached hydrogen (secondary N) is 1. The number of unbranched alkanes of at least 4 members (excludes halogenated alkanes) is 1. The Labute approximate surface area is 159 Å². The van der Waals surface area contributed by atoms with Gasteiger partial charge in [0.05, 0.1) is 11.3 Å². The first-order valence-electron chi connectivity index (χ1n) is 8.95. The molecule has 0 heterocycles. The van der Waals surface area contributed by atoms with Crippen molar-refractivity contribution in [3.05, 3.63) is 23.5 Å². The van der Waals surface area contributed by atoms with Gasteiger partial charge in [0.15, 0.2) is 0 Å². The lowest BCUT2D eigenvalue weighted by atomic mass is 9.84. The van der Waals surface area contributed by atoms with Crippen molar-refractivity contribution in [1.29, 1.82) is 5.26 Å². The fourth-order valence-corrected chi connectivity index (χ4v) is 3.33. The van der Waals surface area contributed by atoms with Crippen LogP contribution >= 0.6 is 11.9 Å². The van der Waals surface area contributed by atoms with Gasteiger partial charge in [0, 0.05) is 12.0 Å². The number of hydrogen-bond acceptors (Lipinski definition) is 5. The topological polar surface area (TPSA) is 88.1 Å². The van der Waals surface area contributed by atoms with Crippen molar-refractivity contribution in [2.45, 2.75) is 69.3 Å². The molecule has 1 aliphatic carbocycles. The Morgan fingerprint density at radius 3 is 2.46 bits per heavy atom. The standard InChI is InChI=1S/C15H18FN3O2S.C4H10/c1-21-15(5-3-2-4-6-15)14(20)19-22-11-7-10(9-17)13(18)12(16)8-11;1-3-4-2/h7-8H,2-6,18H2,1H3,(H,19,20);3-4H2,1-2H3. The number of methoxy groups -OCH3 is 1. The van der Waals surface area contributed by atoms with Crippen molar-refractivity contribution in [1.82, 2.24) is 4.72 Å². The molecule has 0 unspecified atom stereocenters. The largest absolute Gasteiger partial charge is 0.395 e. The summed E-state index contributed by atoms with van der Waals surface area (Å²) >= 11 is 0.962. The van der Waals surface area contributed by atoms with E-state index in [0.717, 1.165) is 31.2 Å². The van der Waals surface area contributed by atoms with Crippen molar-refractivity contribution in [2.24, 2.45) is 0 Å². The molecule has 0 aromatic heterocycles. The molecule has 2 rings (SSSR count). The van der Waals surface area contributed by atoms with Gasteiger partial charge in [0.2, 0.25) is 0 Å². The number of nitriles is 1. The Morgan fingerprint density at radius 1 is 1.35 bits per heavy atom. The summed E-state index contributed by atoms with van der Waals surface area (Å²) in [5.41, 5.74) is 4.52. The molecule has 26 heavy (non-hydrogen) atoms. The van der Waals surface area contributed by atoms with Crippen LogP contribution in [0, 0.1) is 17.1 Å². The highest BCUT2D eigenvalue weighted by atomic mass is 32.2. The first-order chi connectivity index (χ1) is 12.4. The van der Waals surface area contributed by atoms with Gasteiger partial charge >= 0.3 is 0 Å². The molecule has 1 aromatic carbocycles. The first-order valence-corrected chi connectivity index (χ1v) is 9.77. The molecule has 3 N–H and O–H groups in total. The summed E-state index contributed by atoms with van der Waals surface area (Å²) in [7, 11) is 1.53. The molecule has 1 amide bonds. The SMILES string of the molecule is CCCC.COC1(C(=O)NSc2cc(F)c(N)c(C#N)c2)CCCCC1. The fraction of sp³-hybridized carbons (Fsp3) is 0.579. The molecule has 0 aliphatic heterocycles. The predicted molar refractivity (Wildman–Crippen MR) is 103 cm³/mol. The average Bonchev–Trinajstić information content (AvgIpc) is 2.69. The lowest BCUT2D eigenvalue weighted by Gasteiger charge is -2.34. The van der Waals surface area contributed by atoms with Gasteiger partial charge in [0.1, 0.15) is 17.5 Å². The van der Waals surface area contributed by atoms with E-state index in [-0.39, 0.29) is 17.2 Å². The molecular formula is C19H28FN3O2S. The summed E-state index contributed by atoms with van der Waals surface area (Å²) in [6.45, 7) is 4.36. The lowest BCUT2D eigenvalue weighted by Crippen LogP contribution is -2.47. The molecule has 1 saturated carbocycles. The van der Waals surface area contributed by atoms with Gasteiger partial charge in [-0.3, -0.25) is 9.52 Å². The Kier molecular flexibility index (Phi) is 9.46. The zero-order chi connectivity index (χ0) is 19.6. The molecule has 0 radical (unpaired) electrons. The van der Waals surface area contributed by atoms with E-state index in [9.17, 15) is 9.18 Å². The summed E-state index contributed by atoms with van der Waals surface area (Å²) in [6.07, 6.45) is 6.98. The van der Waals surface area contributed by atoms with Gasteiger partial charge in [-0.25, -0.2) is 4.39 Å². The number of nitrogens with zero attached hydrogens (tertiary/aromatic N) is 1. The van der Waals surface area contributed by atoms with Gasteiger partial charge in [-0.05, 0) is 36.9 Å². The Balaban J connectivity index is 0.000000765. The molecule has 5 nitrogen and oxygen atoms in total. The second kappa shape index (κ2) is 11.0. The van der Waals surface area contributed by atoms with E-state index >= 15 is 0 Å². The maximum Gasteiger partial charge on any atom is 0.262 e. The minimum atomic E-state index is -0.810. The quantitative estimate of drug-likeness (QED) is 0.577. The highest BCUT2D eigenvalue weighted by Gasteiger charge is 2.39. The molecule has 1 aliphatic rings. The zero-order valence-corrected chi connectivity index (χ0v) is 16.5. The van der Waals surface area contributed by atoms with Crippen molar-refractivity contribution >= 4 is 23.5 Å². The van der Waals surface area contributed by atoms with Crippen molar-refractivity contribution in [2.75, 3.05) is 12.8 Å². The Hall–Kier alpha value is -1.78. The highest BCUT2D eigenvalue weighted by Crippen LogP contribution is 2.32. The smallest absolute Gasteiger partial charge is 0.262 e. The van der Waals surface area contributed by atoms with Gasteiger partial charge in [0.25, 0.3) is 5.91 Å². The predicted octanol–water partition coefficient (Wildman–Crippen LogP) is 4.56. The number of carbonyl (C=O) groups is 1. The van der Waals surface area contributed by atoms with Gasteiger partial charge in [-0.15, -0.1) is 0 Å². The molecule has 7 heteroatoms. The summed E-state index contributed by atoms with van der Waals surface area (Å²) < 4.78 is 21.8. The Morgan fingerprint density at radius 2 is 1.96 bits per heavy atom. The average molecular weight is 382 g/mol. The molecule has 1 aromatic rings. The minimum Gasteiger partial charge on any atom is -0.395 e. The third-order valence-corrected chi connectivity index (χ3v) is 5.21. The highest BCUT2D eigenvalue weighted by molar-refractivity contribution is 7.98. The second-order valence-corrected chi connectivity index (χ2v) is 7.15. The van der Waals surface area contributed by atoms with Crippen LogP contribution in [0.1, 0.15) is 64.4 Å². The van der Waals surface area contributed by atoms with E-state index in [1.807, 2.05) is 6.07 Å². The normalized spacial score (nSPS) is 15.3. The zero-order valence-electron chi connectivity index (χ0n) is 15.7. The van der Waals surface area contributed by atoms with Gasteiger partial charge in [-0.2, -0.15) is 5.26 Å². The van der Waals surface area contributed by atoms with Crippen LogP contribution in [-0.4, -0.2) is 18.6 Å². The van der Waals surface area contributed by atoms with Crippen molar-refractivity contribution < 1.29 is 13.9 Å². The van der Waals surface area contributed by atoms with E-state index in [1.165, 1.54) is 32.1 Å². The molecule has 1 fully saturated rings. The van der Waals surface area contributed by atoms with Gasteiger partial charge in [-0.1, -0.05) is 46.0 Å². The number of amides is 1. The van der Waals surface area contributed by atoms with Crippen molar-refractivity contribution in [3.8, 4) is 6.07 Å². The molecule has 0 spiro atoms. The van der Waals surface area contributed by atoms with Crippen LogP contribution in [-0.2, 0) is 9.53 Å². The van der Waals surface area contributed by atoms with Crippen LogP contribution < -0.4 is 10.5 Å². The van der Waals surface area contributed by atoms with Crippen LogP contribution in [0.3, 0.4) is 0 Å². The lowest BCUT2D eigenvalue weighted by molar-refractivity contribution is -0.145. The number of ether oxygens (including phenoxy) is 1. The maximum atomic E-state index is 13.6. The van der Waals surface area contributed by atoms with E-state index in [2.05, 4.69) is 18.6 Å². The molecule has 144 valence electrons. The second-order valence-electron chi connectivity index (χ2n) is 6.27. The van der Waals surface area contributed by atoms with Crippen LogP contribution in [0.5, 0.6) is 0 Å². The molecule has 0 atom stereocenters. The summed E-state index contributed by atoms with van der Waals surface area (Å²) in [5, 5.41) is 8.91. The molecule has 0 bridgehead atoms. The van der Waals surface area contributed by atoms with Crippen LogP contribution in [0.2, 0.25) is 0 Å². The summed E-state index contributed by atoms with van der Waals surface area (Å²) in [6, 6.07) is 4.47. The number of benzene rings is 1. The number of nitrogens with two attached hydrogens (primary N) is 1. The van der Waals surface area contributed by atoms with E-state index in [0.29, 0.717) is 17.7 Å². The monoisotopic (exact) mass is 381 g/mol. The number of carbonyl (C=O) groups excluding carboxylic acids is 1. The van der Waals surface area contributed by atoms with E-state index in [4.69, 9.17) is 15.7 Å². The molecular weight excluding hydrogens is 353 g/mol. The van der Waals surface area contributed by atoms with Crippen LogP contribution in [0.4, 0.5) is 10.1 Å². The third-order valence-electron chi connectivity index (χ3n) is 4.45. The number of halogens is 1. The minimum absolute atomic E-state index is 0.0517. The number of rotatable bonds is 5. The third kappa shape index (κ3) is 5.89. The number of nitrogen functional groups attached to an aromatic ring is 1. The Bertz CT molecular complexity index is 638. The van der Waals surface area contributed by atoms with E-state index in [1.54, 1.807) is 0 Å². The maximum absolute atomic E-state index is 13.6. The summed E-state index contributed by atoms with van der Waals surface area (Å²) in [5.74, 6) is -0.898. The van der Waals surface area contributed by atoms with Crippen LogP contribution in [0.25, 0.3) is 0 Å². The number of anilines is 1. The van der Waals surface area contributed by atoms with Gasteiger partial charge < -0.3 is 10.5 Å². The van der Waals surface area contributed by atoms with E-state index < -0.39 is 11.4 Å². The number of hydrogen-bond donors (Lipinski definition) is 2. The van der Waals surface area contributed by atoms with Crippen LogP contribution in [0.15, 0.2) is 17.0 Å². The van der Waals surface area contributed by atoms with Crippen molar-refractivity contribution in [3.63, 3.8) is 0 Å².